The van der Waals surface area contributed by atoms with Gasteiger partial charge in [-0.15, -0.1) is 59.7 Å². The van der Waals surface area contributed by atoms with Crippen molar-refractivity contribution in [1.82, 2.24) is 14.5 Å². The van der Waals surface area contributed by atoms with Crippen molar-refractivity contribution in [2.24, 2.45) is 5.41 Å². The Hall–Kier alpha value is -5.91. The predicted octanol–water partition coefficient (Wildman–Crippen LogP) is 16.1. The maximum absolute atomic E-state index is 8.75. The van der Waals surface area contributed by atoms with E-state index in [4.69, 9.17) is 12.1 Å². The summed E-state index contributed by atoms with van der Waals surface area (Å²) in [5, 5.41) is 5.65. The van der Waals surface area contributed by atoms with Gasteiger partial charge in [-0.25, -0.2) is 0 Å². The minimum absolute atomic E-state index is 0. The molecule has 0 fully saturated rings. The van der Waals surface area contributed by atoms with Crippen LogP contribution in [-0.4, -0.2) is 22.6 Å². The monoisotopic (exact) mass is 1060 g/mol. The van der Waals surface area contributed by atoms with Crippen LogP contribution in [0, 0.1) is 17.5 Å². The first kappa shape index (κ1) is 44.0. The molecule has 1 radical (unpaired) electrons. The van der Waals surface area contributed by atoms with Gasteiger partial charge in [0.25, 0.3) is 0 Å². The topological polar surface area (TPSA) is 43.9 Å². The van der Waals surface area contributed by atoms with Gasteiger partial charge in [-0.2, -0.15) is 0 Å². The zero-order chi connectivity index (χ0) is 47.4. The summed E-state index contributed by atoms with van der Waals surface area (Å²) in [4.78, 5) is 9.96. The molecule has 335 valence electrons. The van der Waals surface area contributed by atoms with Crippen LogP contribution in [0.3, 0.4) is 0 Å². The van der Waals surface area contributed by atoms with Crippen molar-refractivity contribution >= 4 is 57.0 Å². The van der Waals surface area contributed by atoms with E-state index in [1.807, 2.05) is 63.4 Å². The third-order valence-electron chi connectivity index (χ3n) is 12.1. The molecular formula is C60H59IrN3OSi-2. The Labute approximate surface area is 408 Å². The van der Waals surface area contributed by atoms with Gasteiger partial charge in [0.1, 0.15) is 5.58 Å². The first-order valence-corrected chi connectivity index (χ1v) is 26.4. The number of hydrogen-bond donors (Lipinski definition) is 0. The molecule has 0 aliphatic carbocycles. The largest absolute Gasteiger partial charge is 0.500 e. The minimum Gasteiger partial charge on any atom is -0.500 e. The van der Waals surface area contributed by atoms with Gasteiger partial charge in [0.2, 0.25) is 0 Å². The Morgan fingerprint density at radius 1 is 0.682 bits per heavy atom. The maximum Gasteiger partial charge on any atom is 0.121 e. The van der Waals surface area contributed by atoms with Crippen LogP contribution in [0.25, 0.3) is 83.2 Å². The van der Waals surface area contributed by atoms with Crippen LogP contribution in [0.2, 0.25) is 19.6 Å². The van der Waals surface area contributed by atoms with Crippen molar-refractivity contribution in [3.63, 3.8) is 0 Å². The molecule has 0 aliphatic heterocycles. The van der Waals surface area contributed by atoms with Gasteiger partial charge < -0.3 is 14.0 Å². The average molecular weight is 1060 g/mol. The van der Waals surface area contributed by atoms with Crippen LogP contribution in [0.4, 0.5) is 0 Å². The molecule has 0 spiro atoms. The summed E-state index contributed by atoms with van der Waals surface area (Å²) in [7, 11) is -1.70. The zero-order valence-corrected chi connectivity index (χ0v) is 43.1. The molecule has 3 aromatic heterocycles. The van der Waals surface area contributed by atoms with E-state index in [-0.39, 0.29) is 20.1 Å². The molecular weight excluding hydrogens is 999 g/mol. The molecule has 10 rings (SSSR count). The van der Waals surface area contributed by atoms with Crippen LogP contribution < -0.4 is 5.19 Å². The van der Waals surface area contributed by atoms with Gasteiger partial charge in [-0.1, -0.05) is 170 Å². The van der Waals surface area contributed by atoms with E-state index in [0.29, 0.717) is 11.8 Å². The Morgan fingerprint density at radius 3 is 2.06 bits per heavy atom. The van der Waals surface area contributed by atoms with Gasteiger partial charge in [0.15, 0.2) is 0 Å². The minimum atomic E-state index is -1.70. The van der Waals surface area contributed by atoms with Crippen molar-refractivity contribution in [3.8, 4) is 39.5 Å². The van der Waals surface area contributed by atoms with Crippen LogP contribution in [0.15, 0.2) is 156 Å². The summed E-state index contributed by atoms with van der Waals surface area (Å²) >= 11 is 0. The molecule has 0 saturated carbocycles. The van der Waals surface area contributed by atoms with Crippen LogP contribution in [-0.2, 0) is 26.5 Å². The van der Waals surface area contributed by atoms with E-state index in [1.165, 1.54) is 38.7 Å². The van der Waals surface area contributed by atoms with E-state index in [0.717, 1.165) is 66.4 Å². The molecule has 0 aliphatic rings. The SMILES string of the molecule is CC(C)c1cccc(C(C)C)c1-n1c(-c2[c-]cc3oc4ccc(-c5ccccc5)cc4c3c2)nc2ccc3ccccc3c21.[2H]C([2H])(c1cc(-c2[c-]cccc2)ncc1[Si](C)(C)C)C(C)(C)C.[Ir]. The van der Waals surface area contributed by atoms with Crippen molar-refractivity contribution in [1.29, 1.82) is 0 Å². The number of pyridine rings is 1. The van der Waals surface area contributed by atoms with E-state index >= 15 is 0 Å². The normalized spacial score (nSPS) is 12.7. The molecule has 0 amide bonds. The van der Waals surface area contributed by atoms with Gasteiger partial charge in [0, 0.05) is 45.5 Å². The predicted molar refractivity (Wildman–Crippen MR) is 278 cm³/mol. The molecule has 0 N–H and O–H groups in total. The quantitative estimate of drug-likeness (QED) is 0.113. The van der Waals surface area contributed by atoms with Crippen LogP contribution >= 0.6 is 0 Å². The van der Waals surface area contributed by atoms with E-state index in [1.54, 1.807) is 0 Å². The van der Waals surface area contributed by atoms with E-state index < -0.39 is 19.9 Å². The van der Waals surface area contributed by atoms with Crippen LogP contribution in [0.1, 0.15) is 79.7 Å². The van der Waals surface area contributed by atoms with Gasteiger partial charge >= 0.3 is 0 Å². The second-order valence-electron chi connectivity index (χ2n) is 19.8. The van der Waals surface area contributed by atoms with Crippen LogP contribution in [0.5, 0.6) is 0 Å². The number of furan rings is 1. The molecule has 6 heteroatoms. The second-order valence-corrected chi connectivity index (χ2v) is 24.9. The number of rotatable bonds is 8. The number of benzene rings is 7. The molecule has 10 aromatic rings. The fraction of sp³-hybridized carbons (Fsp3) is 0.233. The Kier molecular flexibility index (Phi) is 12.5. The summed E-state index contributed by atoms with van der Waals surface area (Å²) in [5.74, 6) is 1.57. The molecule has 4 nitrogen and oxygen atoms in total. The molecule has 0 unspecified atom stereocenters. The molecule has 0 atom stereocenters. The Bertz CT molecular complexity index is 3390. The number of para-hydroxylation sites is 1. The zero-order valence-electron chi connectivity index (χ0n) is 41.7. The maximum atomic E-state index is 8.75. The number of aromatic nitrogens is 3. The van der Waals surface area contributed by atoms with Gasteiger partial charge in [0.05, 0.1) is 30.5 Å². The summed E-state index contributed by atoms with van der Waals surface area (Å²) in [6.07, 6.45) is 0.469. The fourth-order valence-electron chi connectivity index (χ4n) is 8.93. The van der Waals surface area contributed by atoms with Gasteiger partial charge in [-0.05, 0) is 80.3 Å². The first-order chi connectivity index (χ1) is 31.9. The van der Waals surface area contributed by atoms with Crippen molar-refractivity contribution < 1.29 is 27.3 Å². The number of hydrogen-bond acceptors (Lipinski definition) is 3. The van der Waals surface area contributed by atoms with E-state index in [2.05, 4.69) is 178 Å². The smallest absolute Gasteiger partial charge is 0.121 e. The number of fused-ring (bicyclic) bond motifs is 6. The number of nitrogens with zero attached hydrogens (tertiary/aromatic N) is 3. The third-order valence-corrected chi connectivity index (χ3v) is 14.1. The second kappa shape index (κ2) is 18.8. The Balaban J connectivity index is 0.000000222. The molecule has 7 aromatic carbocycles. The number of imidazole rings is 1. The van der Waals surface area contributed by atoms with Gasteiger partial charge in [-0.3, -0.25) is 4.98 Å². The molecule has 0 bridgehead atoms. The summed E-state index contributed by atoms with van der Waals surface area (Å²) < 4.78 is 26.2. The standard InChI is InChI=1S/C41H33N2O.C19H26NSi.Ir/c1-25(2)31-15-10-16-32(26(3)4)39(31)43-40-33-14-9-8-13-28(33)17-20-36(40)42-41(43)30-19-22-38-35(24-30)34-23-29(18-21-37(34)44-38)27-11-6-5-7-12-27;1-19(2,3)13-16-12-17(15-10-8-7-9-11-15)20-14-18(16)21(4,5)6;/h5-18,20-26H,1-4H3;7-10,12,14H,13H2,1-6H3;/q2*-1;/i;13D2;. The summed E-state index contributed by atoms with van der Waals surface area (Å²) in [5.41, 5.74) is 12.9. The summed E-state index contributed by atoms with van der Waals surface area (Å²) in [6, 6.07) is 57.2. The fourth-order valence-corrected chi connectivity index (χ4v) is 10.3. The van der Waals surface area contributed by atoms with E-state index in [9.17, 15) is 0 Å². The van der Waals surface area contributed by atoms with Crippen molar-refractivity contribution in [2.75, 3.05) is 0 Å². The molecule has 0 saturated heterocycles. The van der Waals surface area contributed by atoms with Crippen molar-refractivity contribution in [2.45, 2.75) is 86.3 Å². The van der Waals surface area contributed by atoms with Crippen molar-refractivity contribution in [3.05, 3.63) is 181 Å². The molecule has 3 heterocycles. The summed E-state index contributed by atoms with van der Waals surface area (Å²) in [6.45, 7) is 21.7. The average Bonchev–Trinajstić information content (AvgIpc) is 3.89. The Morgan fingerprint density at radius 2 is 1.38 bits per heavy atom. The first-order valence-electron chi connectivity index (χ1n) is 23.9. The third kappa shape index (κ3) is 9.38. The molecule has 66 heavy (non-hydrogen) atoms.